The Bertz CT molecular complexity index is 713. The molecule has 0 unspecified atom stereocenters. The Balaban J connectivity index is 2.17. The Morgan fingerprint density at radius 1 is 1.33 bits per heavy atom. The van der Waals surface area contributed by atoms with Crippen molar-refractivity contribution in [3.8, 4) is 11.3 Å². The maximum Gasteiger partial charge on any atom is 0.278 e. The zero-order valence-electron chi connectivity index (χ0n) is 14.5. The van der Waals surface area contributed by atoms with Crippen molar-refractivity contribution in [2.75, 3.05) is 12.9 Å². The first-order chi connectivity index (χ1) is 11.3. The minimum absolute atomic E-state index is 0.0643. The zero-order chi connectivity index (χ0) is 17.7. The normalized spacial score (nSPS) is 11.7. The molecular formula is C16H23N3O3SSi. The molecule has 0 radical (unpaired) electrons. The second-order valence-electron chi connectivity index (χ2n) is 6.70. The van der Waals surface area contributed by atoms with E-state index in [9.17, 15) is 10.1 Å². The molecule has 0 aliphatic carbocycles. The summed E-state index contributed by atoms with van der Waals surface area (Å²) in [6, 6.07) is 7.77. The van der Waals surface area contributed by atoms with E-state index in [1.165, 1.54) is 17.8 Å². The van der Waals surface area contributed by atoms with Crippen molar-refractivity contribution in [3.63, 3.8) is 0 Å². The van der Waals surface area contributed by atoms with Crippen molar-refractivity contribution in [3.05, 3.63) is 40.6 Å². The lowest BCUT2D eigenvalue weighted by Gasteiger charge is -2.15. The molecule has 0 atom stereocenters. The molecule has 0 aliphatic heterocycles. The molecule has 1 heterocycles. The SMILES string of the molecule is CSc1nc(-c2ccccc2[N+](=O)[O-])cn1COCC[Si](C)(C)C. The maximum atomic E-state index is 11.2. The molecule has 2 rings (SSSR count). The van der Waals surface area contributed by atoms with Gasteiger partial charge >= 0.3 is 0 Å². The van der Waals surface area contributed by atoms with Crippen LogP contribution in [0.5, 0.6) is 0 Å². The van der Waals surface area contributed by atoms with Gasteiger partial charge in [-0.1, -0.05) is 43.5 Å². The van der Waals surface area contributed by atoms with Crippen molar-refractivity contribution in [2.24, 2.45) is 0 Å². The Labute approximate surface area is 147 Å². The summed E-state index contributed by atoms with van der Waals surface area (Å²) in [6.45, 7) is 8.07. The second kappa shape index (κ2) is 7.95. The zero-order valence-corrected chi connectivity index (χ0v) is 16.3. The standard InChI is InChI=1S/C16H23N3O3SSi/c1-23-16-17-14(13-7-5-6-8-15(13)19(20)21)11-18(16)12-22-9-10-24(2,3)4/h5-8,11H,9-10,12H2,1-4H3. The third-order valence-corrected chi connectivity index (χ3v) is 5.92. The second-order valence-corrected chi connectivity index (χ2v) is 13.1. The van der Waals surface area contributed by atoms with Gasteiger partial charge in [-0.3, -0.25) is 10.1 Å². The monoisotopic (exact) mass is 365 g/mol. The molecule has 130 valence electrons. The third kappa shape index (κ3) is 4.92. The lowest BCUT2D eigenvalue weighted by atomic mass is 10.1. The predicted molar refractivity (Wildman–Crippen MR) is 100 cm³/mol. The van der Waals surface area contributed by atoms with Crippen molar-refractivity contribution >= 4 is 25.5 Å². The van der Waals surface area contributed by atoms with Gasteiger partial charge in [0.25, 0.3) is 5.69 Å². The van der Waals surface area contributed by atoms with Crippen LogP contribution >= 0.6 is 11.8 Å². The highest BCUT2D eigenvalue weighted by Crippen LogP contribution is 2.30. The maximum absolute atomic E-state index is 11.2. The van der Waals surface area contributed by atoms with E-state index in [0.29, 0.717) is 18.0 Å². The van der Waals surface area contributed by atoms with Gasteiger partial charge in [0.1, 0.15) is 6.73 Å². The van der Waals surface area contributed by atoms with Crippen molar-refractivity contribution in [1.29, 1.82) is 0 Å². The molecule has 1 aromatic carbocycles. The summed E-state index contributed by atoms with van der Waals surface area (Å²) in [5.74, 6) is 0. The summed E-state index contributed by atoms with van der Waals surface area (Å²) >= 11 is 1.50. The van der Waals surface area contributed by atoms with Crippen LogP contribution in [0.15, 0.2) is 35.6 Å². The molecule has 0 aliphatic rings. The quantitative estimate of drug-likeness (QED) is 0.227. The summed E-state index contributed by atoms with van der Waals surface area (Å²) in [6.07, 6.45) is 3.76. The summed E-state index contributed by atoms with van der Waals surface area (Å²) in [4.78, 5) is 15.3. The number of aromatic nitrogens is 2. The molecule has 1 aromatic heterocycles. The van der Waals surface area contributed by atoms with Gasteiger partial charge in [-0.05, 0) is 18.4 Å². The summed E-state index contributed by atoms with van der Waals surface area (Å²) in [5.41, 5.74) is 1.19. The molecule has 0 saturated heterocycles. The summed E-state index contributed by atoms with van der Waals surface area (Å²) < 4.78 is 7.68. The predicted octanol–water partition coefficient (Wildman–Crippen LogP) is 4.49. The fourth-order valence-corrected chi connectivity index (χ4v) is 3.46. The molecule has 8 heteroatoms. The Hall–Kier alpha value is -1.64. The van der Waals surface area contributed by atoms with Gasteiger partial charge in [-0.25, -0.2) is 4.98 Å². The topological polar surface area (TPSA) is 70.2 Å². The van der Waals surface area contributed by atoms with Crippen LogP contribution in [0.1, 0.15) is 0 Å². The Morgan fingerprint density at radius 3 is 2.67 bits per heavy atom. The van der Waals surface area contributed by atoms with E-state index in [1.54, 1.807) is 18.2 Å². The highest BCUT2D eigenvalue weighted by molar-refractivity contribution is 7.98. The number of benzene rings is 1. The van der Waals surface area contributed by atoms with E-state index in [4.69, 9.17) is 4.74 Å². The Kier molecular flexibility index (Phi) is 6.19. The van der Waals surface area contributed by atoms with Gasteiger partial charge in [0.2, 0.25) is 0 Å². The first-order valence-corrected chi connectivity index (χ1v) is 12.7. The average molecular weight is 366 g/mol. The molecule has 6 nitrogen and oxygen atoms in total. The van der Waals surface area contributed by atoms with Crippen molar-refractivity contribution in [2.45, 2.75) is 37.6 Å². The highest BCUT2D eigenvalue weighted by Gasteiger charge is 2.18. The Morgan fingerprint density at radius 2 is 2.04 bits per heavy atom. The van der Waals surface area contributed by atoms with Gasteiger partial charge in [-0.15, -0.1) is 0 Å². The average Bonchev–Trinajstić information content (AvgIpc) is 2.93. The van der Waals surface area contributed by atoms with E-state index >= 15 is 0 Å². The fourth-order valence-electron chi connectivity index (χ4n) is 2.17. The van der Waals surface area contributed by atoms with Crippen LogP contribution in [0.2, 0.25) is 25.7 Å². The number of nitro groups is 1. The number of ether oxygens (including phenoxy) is 1. The van der Waals surface area contributed by atoms with Gasteiger partial charge in [0.05, 0.1) is 16.2 Å². The highest BCUT2D eigenvalue weighted by atomic mass is 32.2. The molecule has 0 bridgehead atoms. The minimum Gasteiger partial charge on any atom is -0.361 e. The van der Waals surface area contributed by atoms with Crippen LogP contribution in [0.4, 0.5) is 5.69 Å². The first-order valence-electron chi connectivity index (χ1n) is 7.74. The van der Waals surface area contributed by atoms with Crippen molar-refractivity contribution < 1.29 is 9.66 Å². The van der Waals surface area contributed by atoms with Crippen LogP contribution in [0.25, 0.3) is 11.3 Å². The molecule has 0 spiro atoms. The molecule has 0 saturated carbocycles. The van der Waals surface area contributed by atoms with E-state index in [2.05, 4.69) is 24.6 Å². The van der Waals surface area contributed by atoms with Crippen molar-refractivity contribution in [1.82, 2.24) is 9.55 Å². The lowest BCUT2D eigenvalue weighted by molar-refractivity contribution is -0.384. The summed E-state index contributed by atoms with van der Waals surface area (Å²) in [7, 11) is -1.11. The largest absolute Gasteiger partial charge is 0.361 e. The van der Waals surface area contributed by atoms with Gasteiger partial charge in [-0.2, -0.15) is 0 Å². The number of nitrogens with zero attached hydrogens (tertiary/aromatic N) is 3. The molecule has 0 N–H and O–H groups in total. The van der Waals surface area contributed by atoms with Crippen LogP contribution in [0.3, 0.4) is 0 Å². The van der Waals surface area contributed by atoms with Crippen LogP contribution < -0.4 is 0 Å². The number of hydrogen-bond acceptors (Lipinski definition) is 5. The number of imidazole rings is 1. The van der Waals surface area contributed by atoms with E-state index in [-0.39, 0.29) is 10.6 Å². The molecule has 2 aromatic rings. The van der Waals surface area contributed by atoms with E-state index in [1.807, 2.05) is 17.0 Å². The number of thioether (sulfide) groups is 1. The van der Waals surface area contributed by atoms with E-state index in [0.717, 1.165) is 17.8 Å². The fraction of sp³-hybridized carbons (Fsp3) is 0.438. The number of nitro benzene ring substituents is 1. The smallest absolute Gasteiger partial charge is 0.278 e. The number of para-hydroxylation sites is 1. The minimum atomic E-state index is -1.11. The third-order valence-electron chi connectivity index (χ3n) is 3.53. The van der Waals surface area contributed by atoms with Crippen LogP contribution in [-0.2, 0) is 11.5 Å². The van der Waals surface area contributed by atoms with Crippen LogP contribution in [0, 0.1) is 10.1 Å². The van der Waals surface area contributed by atoms with Gasteiger partial charge < -0.3 is 9.30 Å². The molecule has 0 amide bonds. The molecular weight excluding hydrogens is 342 g/mol. The first kappa shape index (κ1) is 18.7. The lowest BCUT2D eigenvalue weighted by Crippen LogP contribution is -2.22. The molecule has 24 heavy (non-hydrogen) atoms. The number of rotatable bonds is 8. The van der Waals surface area contributed by atoms with Gasteiger partial charge in [0.15, 0.2) is 5.16 Å². The van der Waals surface area contributed by atoms with Gasteiger partial charge in [0, 0.05) is 26.9 Å². The number of hydrogen-bond donors (Lipinski definition) is 0. The van der Waals surface area contributed by atoms with E-state index < -0.39 is 8.07 Å². The summed E-state index contributed by atoms with van der Waals surface area (Å²) in [5, 5.41) is 12.0. The van der Waals surface area contributed by atoms with Crippen LogP contribution in [-0.4, -0.2) is 35.4 Å². The molecule has 0 fully saturated rings.